The minimum absolute atomic E-state index is 0.179. The number of carbonyl (C=O) groups is 2. The van der Waals surface area contributed by atoms with Crippen LogP contribution in [0.15, 0.2) is 67.3 Å². The molecule has 0 atom stereocenters. The second-order valence-electron chi connectivity index (χ2n) is 10.8. The highest BCUT2D eigenvalue weighted by atomic mass is 16.8. The van der Waals surface area contributed by atoms with E-state index in [4.69, 9.17) is 9.68 Å². The van der Waals surface area contributed by atoms with Crippen LogP contribution in [0.25, 0.3) is 17.7 Å². The number of hydrogen-bond acceptors (Lipinski definition) is 6. The Morgan fingerprint density at radius 3 is 2.52 bits per heavy atom. The number of nitrogens with one attached hydrogen (secondary N) is 2. The average Bonchev–Trinajstić information content (AvgIpc) is 3.01. The molecule has 0 aromatic heterocycles. The minimum Gasteiger partial charge on any atom is -0.497 e. The Hall–Kier alpha value is -4.14. The van der Waals surface area contributed by atoms with E-state index in [9.17, 15) is 9.59 Å². The second-order valence-corrected chi connectivity index (χ2v) is 10.8. The van der Waals surface area contributed by atoms with E-state index in [0.717, 1.165) is 41.0 Å². The second kappa shape index (κ2) is 14.7. The number of rotatable bonds is 10. The maximum Gasteiger partial charge on any atom is 0.276 e. The lowest BCUT2D eigenvalue weighted by atomic mass is 9.79. The van der Waals surface area contributed by atoms with Gasteiger partial charge < -0.3 is 15.0 Å². The van der Waals surface area contributed by atoms with E-state index in [0.29, 0.717) is 36.7 Å². The zero-order valence-corrected chi connectivity index (χ0v) is 24.9. The topological polar surface area (TPSA) is 83.1 Å². The first-order chi connectivity index (χ1) is 20.3. The summed E-state index contributed by atoms with van der Waals surface area (Å²) in [5.41, 5.74) is 8.65. The van der Waals surface area contributed by atoms with Crippen LogP contribution in [0.5, 0.6) is 5.75 Å². The predicted molar refractivity (Wildman–Crippen MR) is 170 cm³/mol. The fraction of sp³-hybridized carbons (Fsp3) is 0.353. The van der Waals surface area contributed by atoms with Crippen LogP contribution >= 0.6 is 0 Å². The highest BCUT2D eigenvalue weighted by molar-refractivity contribution is 6.02. The van der Waals surface area contributed by atoms with Crippen molar-refractivity contribution in [3.8, 4) is 5.75 Å². The molecule has 0 unspecified atom stereocenters. The Kier molecular flexibility index (Phi) is 10.8. The van der Waals surface area contributed by atoms with Crippen molar-refractivity contribution in [3.63, 3.8) is 0 Å². The molecule has 1 aliphatic carbocycles. The van der Waals surface area contributed by atoms with Crippen LogP contribution in [0.4, 0.5) is 5.69 Å². The van der Waals surface area contributed by atoms with E-state index in [1.54, 1.807) is 26.3 Å². The minimum atomic E-state index is -0.362. The fourth-order valence-electron chi connectivity index (χ4n) is 5.55. The van der Waals surface area contributed by atoms with Crippen molar-refractivity contribution in [2.24, 2.45) is 5.92 Å². The first kappa shape index (κ1) is 30.8. The third kappa shape index (κ3) is 7.57. The van der Waals surface area contributed by atoms with Crippen LogP contribution in [0.2, 0.25) is 0 Å². The van der Waals surface area contributed by atoms with Crippen molar-refractivity contribution in [3.05, 3.63) is 89.5 Å². The number of amides is 2. The summed E-state index contributed by atoms with van der Waals surface area (Å²) in [6.07, 6.45) is 13.4. The van der Waals surface area contributed by atoms with Gasteiger partial charge in [-0.3, -0.25) is 9.59 Å². The van der Waals surface area contributed by atoms with Crippen molar-refractivity contribution in [1.82, 2.24) is 15.9 Å². The molecule has 1 fully saturated rings. The molecule has 8 nitrogen and oxygen atoms in total. The standard InChI is InChI=1S/C34H42N4O4/c1-6-17-35-33(39)28-19-27-20-29(41-5)15-13-25(27)21-31(24-11-9-8-10-12-24)30-16-14-26(22-32(30)37(3)23-28)34(40)36-42-38(4)18-7-2/h6-7,13-16,19-22,24H,1-2,8-12,17-18,23H2,3-5H3,(H,35,39)(H,36,40)/b28-19+,31-21+. The van der Waals surface area contributed by atoms with Gasteiger partial charge in [-0.2, -0.15) is 10.0 Å². The molecule has 0 saturated heterocycles. The van der Waals surface area contributed by atoms with Crippen molar-refractivity contribution in [2.75, 3.05) is 45.7 Å². The monoisotopic (exact) mass is 570 g/mol. The van der Waals surface area contributed by atoms with Crippen molar-refractivity contribution < 1.29 is 19.3 Å². The molecule has 1 saturated carbocycles. The Morgan fingerprint density at radius 1 is 1.02 bits per heavy atom. The van der Waals surface area contributed by atoms with Gasteiger partial charge in [0.05, 0.1) is 7.11 Å². The third-order valence-electron chi connectivity index (χ3n) is 7.75. The van der Waals surface area contributed by atoms with Gasteiger partial charge in [-0.05, 0) is 65.8 Å². The summed E-state index contributed by atoms with van der Waals surface area (Å²) in [5, 5.41) is 4.41. The molecule has 0 bridgehead atoms. The first-order valence-corrected chi connectivity index (χ1v) is 14.5. The van der Waals surface area contributed by atoms with Gasteiger partial charge in [0.25, 0.3) is 5.91 Å². The van der Waals surface area contributed by atoms with Gasteiger partial charge in [0, 0.05) is 56.1 Å². The largest absolute Gasteiger partial charge is 0.497 e. The number of anilines is 1. The number of likely N-dealkylation sites (N-methyl/N-ethyl adjacent to an activating group) is 2. The Balaban J connectivity index is 1.86. The summed E-state index contributed by atoms with van der Waals surface area (Å²) in [5.74, 6) is 0.571. The van der Waals surface area contributed by atoms with E-state index in [2.05, 4.69) is 36.1 Å². The number of hydrogen-bond donors (Lipinski definition) is 2. The van der Waals surface area contributed by atoms with Gasteiger partial charge >= 0.3 is 0 Å². The molecule has 2 aromatic rings. The molecule has 42 heavy (non-hydrogen) atoms. The first-order valence-electron chi connectivity index (χ1n) is 14.5. The van der Waals surface area contributed by atoms with Crippen LogP contribution < -0.4 is 20.4 Å². The van der Waals surface area contributed by atoms with E-state index in [-0.39, 0.29) is 11.8 Å². The van der Waals surface area contributed by atoms with Crippen LogP contribution in [0, 0.1) is 5.92 Å². The summed E-state index contributed by atoms with van der Waals surface area (Å²) in [4.78, 5) is 33.8. The summed E-state index contributed by atoms with van der Waals surface area (Å²) in [6.45, 7) is 8.56. The number of benzene rings is 2. The molecule has 8 heteroatoms. The van der Waals surface area contributed by atoms with E-state index in [1.807, 2.05) is 48.4 Å². The number of methoxy groups -OCH3 is 1. The zero-order chi connectivity index (χ0) is 30.1. The number of allylic oxidation sites excluding steroid dienone is 1. The summed E-state index contributed by atoms with van der Waals surface area (Å²) in [6, 6.07) is 11.7. The maximum absolute atomic E-state index is 13.3. The molecule has 0 radical (unpaired) electrons. The van der Waals surface area contributed by atoms with Crippen molar-refractivity contribution in [2.45, 2.75) is 32.1 Å². The average molecular weight is 571 g/mol. The Morgan fingerprint density at radius 2 is 1.81 bits per heavy atom. The fourth-order valence-corrected chi connectivity index (χ4v) is 5.55. The summed E-state index contributed by atoms with van der Waals surface area (Å²) < 4.78 is 5.54. The lowest BCUT2D eigenvalue weighted by Gasteiger charge is -2.31. The molecule has 2 N–H and O–H groups in total. The molecular weight excluding hydrogens is 528 g/mol. The van der Waals surface area contributed by atoms with Gasteiger partial charge in [-0.1, -0.05) is 49.6 Å². The molecule has 4 rings (SSSR count). The normalized spacial score (nSPS) is 18.0. The van der Waals surface area contributed by atoms with E-state index < -0.39 is 0 Å². The Bertz CT molecular complexity index is 1370. The third-order valence-corrected chi connectivity index (χ3v) is 7.75. The molecule has 222 valence electrons. The molecule has 2 aromatic carbocycles. The van der Waals surface area contributed by atoms with Crippen molar-refractivity contribution in [1.29, 1.82) is 0 Å². The lowest BCUT2D eigenvalue weighted by Crippen LogP contribution is -2.33. The van der Waals surface area contributed by atoms with Gasteiger partial charge in [0.1, 0.15) is 5.75 Å². The number of hydroxylamine groups is 3. The molecule has 0 spiro atoms. The van der Waals surface area contributed by atoms with E-state index in [1.165, 1.54) is 29.9 Å². The molecule has 2 aliphatic rings. The maximum atomic E-state index is 13.3. The summed E-state index contributed by atoms with van der Waals surface area (Å²) in [7, 11) is 5.31. The predicted octanol–water partition coefficient (Wildman–Crippen LogP) is 5.65. The highest BCUT2D eigenvalue weighted by Crippen LogP contribution is 2.42. The SMILES string of the molecule is C=CCNC(=O)/C1=C/c2cc(OC)ccc2/C=C(\C2CCCCC2)c2ccc(C(=O)NON(C)CC=C)cc2N(C)C1. The molecule has 1 aliphatic heterocycles. The number of ether oxygens (including phenoxy) is 1. The smallest absolute Gasteiger partial charge is 0.276 e. The van der Waals surface area contributed by atoms with Crippen LogP contribution in [-0.4, -0.2) is 57.7 Å². The lowest BCUT2D eigenvalue weighted by molar-refractivity contribution is -0.172. The summed E-state index contributed by atoms with van der Waals surface area (Å²) >= 11 is 0. The van der Waals surface area contributed by atoms with Crippen LogP contribution in [0.3, 0.4) is 0 Å². The quantitative estimate of drug-likeness (QED) is 0.284. The molecule has 1 heterocycles. The number of fused-ring (bicyclic) bond motifs is 2. The number of nitrogens with zero attached hydrogens (tertiary/aromatic N) is 2. The van der Waals surface area contributed by atoms with Gasteiger partial charge in [-0.15, -0.1) is 13.2 Å². The van der Waals surface area contributed by atoms with Crippen molar-refractivity contribution >= 4 is 35.2 Å². The molecular formula is C34H42N4O4. The Labute approximate surface area is 249 Å². The van der Waals surface area contributed by atoms with Gasteiger partial charge in [0.15, 0.2) is 0 Å². The zero-order valence-electron chi connectivity index (χ0n) is 24.9. The number of carbonyl (C=O) groups excluding carboxylic acids is 2. The van der Waals surface area contributed by atoms with E-state index >= 15 is 0 Å². The molecule has 2 amide bonds. The van der Waals surface area contributed by atoms with Crippen LogP contribution in [-0.2, 0) is 9.73 Å². The van der Waals surface area contributed by atoms with Crippen LogP contribution in [0.1, 0.15) is 59.2 Å². The van der Waals surface area contributed by atoms with Gasteiger partial charge in [-0.25, -0.2) is 5.48 Å². The highest BCUT2D eigenvalue weighted by Gasteiger charge is 2.26. The van der Waals surface area contributed by atoms with Gasteiger partial charge in [0.2, 0.25) is 5.91 Å².